The topological polar surface area (TPSA) is 102 Å². The van der Waals surface area contributed by atoms with Crippen molar-refractivity contribution in [1.82, 2.24) is 0 Å². The smallest absolute Gasteiger partial charge is 0.228 e. The van der Waals surface area contributed by atoms with Crippen molar-refractivity contribution in [3.05, 3.63) is 18.2 Å². The Morgan fingerprint density at radius 1 is 1.03 bits per heavy atom. The minimum atomic E-state index is -3.29. The van der Waals surface area contributed by atoms with Crippen molar-refractivity contribution in [2.75, 3.05) is 29.2 Å². The molecule has 1 aromatic rings. The molecular weight excluding hydrogens is 428 g/mol. The van der Waals surface area contributed by atoms with Gasteiger partial charge in [0.05, 0.1) is 24.3 Å². The second-order valence-electron chi connectivity index (χ2n) is 8.36. The minimum Gasteiger partial charge on any atom is -0.495 e. The highest BCUT2D eigenvalue weighted by Gasteiger charge is 2.21. The summed E-state index contributed by atoms with van der Waals surface area (Å²) in [4.78, 5) is 23.2. The number of benzene rings is 1. The van der Waals surface area contributed by atoms with Gasteiger partial charge in [0, 0.05) is 11.6 Å². The molecule has 0 aromatic heterocycles. The summed E-state index contributed by atoms with van der Waals surface area (Å²) >= 11 is 0. The number of ether oxygens (including phenoxy) is 1. The standard InChI is InChI=1S/C24H40N2O5S/c1-4-5-6-7-8-9-10-11-12-13-16-32(29,30)18-20(2)24(28)26-21-14-15-23(31-3)22(17-21)25-19-27/h14-15,17,19-20H,4-13,16,18H2,1-3H3,(H,25,27)(H,26,28). The molecule has 32 heavy (non-hydrogen) atoms. The summed E-state index contributed by atoms with van der Waals surface area (Å²) in [6.07, 6.45) is 12.0. The molecule has 0 heterocycles. The zero-order valence-electron chi connectivity index (χ0n) is 19.8. The van der Waals surface area contributed by atoms with Crippen LogP contribution in [0.5, 0.6) is 5.75 Å². The van der Waals surface area contributed by atoms with Gasteiger partial charge in [-0.2, -0.15) is 0 Å². The SMILES string of the molecule is CCCCCCCCCCCCS(=O)(=O)CC(C)C(=O)Nc1ccc(OC)c(NC=O)c1. The first kappa shape index (κ1) is 27.9. The molecule has 1 rings (SSSR count). The molecule has 8 heteroatoms. The second kappa shape index (κ2) is 15.7. The molecule has 0 saturated carbocycles. The van der Waals surface area contributed by atoms with Crippen molar-refractivity contribution >= 4 is 33.5 Å². The number of anilines is 2. The van der Waals surface area contributed by atoms with Gasteiger partial charge in [0.1, 0.15) is 5.75 Å². The zero-order valence-corrected chi connectivity index (χ0v) is 20.6. The van der Waals surface area contributed by atoms with Crippen molar-refractivity contribution in [1.29, 1.82) is 0 Å². The molecule has 0 bridgehead atoms. The Balaban J connectivity index is 2.35. The Morgan fingerprint density at radius 3 is 2.19 bits per heavy atom. The third-order valence-corrected chi connectivity index (χ3v) is 7.36. The summed E-state index contributed by atoms with van der Waals surface area (Å²) in [6, 6.07) is 4.82. The van der Waals surface area contributed by atoms with Crippen LogP contribution in [0.25, 0.3) is 0 Å². The third kappa shape index (κ3) is 11.5. The van der Waals surface area contributed by atoms with Gasteiger partial charge >= 0.3 is 0 Å². The number of sulfone groups is 1. The third-order valence-electron chi connectivity index (χ3n) is 5.44. The summed E-state index contributed by atoms with van der Waals surface area (Å²) < 4.78 is 30.0. The highest BCUT2D eigenvalue weighted by atomic mass is 32.2. The maximum Gasteiger partial charge on any atom is 0.228 e. The van der Waals surface area contributed by atoms with E-state index in [-0.39, 0.29) is 17.4 Å². The molecule has 182 valence electrons. The minimum absolute atomic E-state index is 0.122. The first-order chi connectivity index (χ1) is 15.3. The van der Waals surface area contributed by atoms with E-state index in [1.165, 1.54) is 45.6 Å². The quantitative estimate of drug-likeness (QED) is 0.228. The molecule has 2 N–H and O–H groups in total. The number of amides is 2. The van der Waals surface area contributed by atoms with E-state index in [0.717, 1.165) is 19.3 Å². The maximum absolute atomic E-state index is 12.5. The van der Waals surface area contributed by atoms with E-state index in [4.69, 9.17) is 4.74 Å². The Labute approximate surface area is 193 Å². The number of hydrogen-bond donors (Lipinski definition) is 2. The predicted octanol–water partition coefficient (Wildman–Crippen LogP) is 5.17. The lowest BCUT2D eigenvalue weighted by Gasteiger charge is -2.14. The van der Waals surface area contributed by atoms with Crippen molar-refractivity contribution in [3.8, 4) is 5.75 Å². The van der Waals surface area contributed by atoms with Gasteiger partial charge in [-0.3, -0.25) is 9.59 Å². The fourth-order valence-electron chi connectivity index (χ4n) is 3.58. The van der Waals surface area contributed by atoms with Crippen molar-refractivity contribution in [2.24, 2.45) is 5.92 Å². The van der Waals surface area contributed by atoms with Gasteiger partial charge in [0.15, 0.2) is 9.84 Å². The molecule has 0 spiro atoms. The molecule has 1 atom stereocenters. The van der Waals surface area contributed by atoms with Gasteiger partial charge < -0.3 is 15.4 Å². The van der Waals surface area contributed by atoms with E-state index in [9.17, 15) is 18.0 Å². The van der Waals surface area contributed by atoms with Crippen molar-refractivity contribution in [2.45, 2.75) is 78.1 Å². The molecule has 0 aliphatic rings. The zero-order chi connectivity index (χ0) is 23.8. The van der Waals surface area contributed by atoms with Gasteiger partial charge in [0.2, 0.25) is 12.3 Å². The van der Waals surface area contributed by atoms with Crippen LogP contribution in [0.15, 0.2) is 18.2 Å². The highest BCUT2D eigenvalue weighted by molar-refractivity contribution is 7.91. The van der Waals surface area contributed by atoms with Crippen molar-refractivity contribution in [3.63, 3.8) is 0 Å². The Morgan fingerprint density at radius 2 is 1.62 bits per heavy atom. The van der Waals surface area contributed by atoms with E-state index >= 15 is 0 Å². The average molecular weight is 469 g/mol. The molecule has 7 nitrogen and oxygen atoms in total. The summed E-state index contributed by atoms with van der Waals surface area (Å²) in [5, 5.41) is 5.22. The Bertz CT molecular complexity index is 796. The summed E-state index contributed by atoms with van der Waals surface area (Å²) in [5.74, 6) is -0.642. The molecule has 0 saturated heterocycles. The molecular formula is C24H40N2O5S. The van der Waals surface area contributed by atoms with Crippen LogP contribution in [0.1, 0.15) is 78.1 Å². The summed E-state index contributed by atoms with van der Waals surface area (Å²) in [7, 11) is -1.82. The van der Waals surface area contributed by atoms with Crippen LogP contribution in [0, 0.1) is 5.92 Å². The Hall–Kier alpha value is -2.09. The summed E-state index contributed by atoms with van der Waals surface area (Å²) in [6.45, 7) is 3.83. The lowest BCUT2D eigenvalue weighted by Crippen LogP contribution is -2.28. The van der Waals surface area contributed by atoms with E-state index in [1.807, 2.05) is 0 Å². The number of nitrogens with one attached hydrogen (secondary N) is 2. The maximum atomic E-state index is 12.5. The lowest BCUT2D eigenvalue weighted by atomic mass is 10.1. The van der Waals surface area contributed by atoms with E-state index in [0.29, 0.717) is 30.0 Å². The van der Waals surface area contributed by atoms with E-state index in [2.05, 4.69) is 17.6 Å². The van der Waals surface area contributed by atoms with Crippen LogP contribution >= 0.6 is 0 Å². The van der Waals surface area contributed by atoms with Crippen LogP contribution in [0.2, 0.25) is 0 Å². The molecule has 2 amide bonds. The number of hydrogen-bond acceptors (Lipinski definition) is 5. The van der Waals surface area contributed by atoms with Crippen molar-refractivity contribution < 1.29 is 22.7 Å². The van der Waals surface area contributed by atoms with Gasteiger partial charge in [-0.15, -0.1) is 0 Å². The molecule has 0 aliphatic carbocycles. The summed E-state index contributed by atoms with van der Waals surface area (Å²) in [5.41, 5.74) is 0.876. The molecule has 0 aliphatic heterocycles. The number of methoxy groups -OCH3 is 1. The predicted molar refractivity (Wildman–Crippen MR) is 131 cm³/mol. The Kier molecular flexibility index (Phi) is 13.7. The van der Waals surface area contributed by atoms with Crippen LogP contribution in [0.4, 0.5) is 11.4 Å². The molecule has 1 aromatic carbocycles. The second-order valence-corrected chi connectivity index (χ2v) is 10.6. The first-order valence-corrected chi connectivity index (χ1v) is 13.5. The van der Waals surface area contributed by atoms with Crippen LogP contribution in [0.3, 0.4) is 0 Å². The molecule has 0 radical (unpaired) electrons. The normalized spacial score (nSPS) is 12.2. The number of carbonyl (C=O) groups is 2. The monoisotopic (exact) mass is 468 g/mol. The van der Waals surface area contributed by atoms with Gasteiger partial charge in [0.25, 0.3) is 0 Å². The van der Waals surface area contributed by atoms with Crippen LogP contribution in [-0.4, -0.2) is 39.4 Å². The largest absolute Gasteiger partial charge is 0.495 e. The van der Waals surface area contributed by atoms with Crippen LogP contribution in [-0.2, 0) is 19.4 Å². The van der Waals surface area contributed by atoms with E-state index in [1.54, 1.807) is 25.1 Å². The fourth-order valence-corrected chi connectivity index (χ4v) is 5.30. The lowest BCUT2D eigenvalue weighted by molar-refractivity contribution is -0.118. The van der Waals surface area contributed by atoms with E-state index < -0.39 is 15.8 Å². The highest BCUT2D eigenvalue weighted by Crippen LogP contribution is 2.27. The number of rotatable bonds is 18. The van der Waals surface area contributed by atoms with Gasteiger partial charge in [-0.25, -0.2) is 8.42 Å². The van der Waals surface area contributed by atoms with Gasteiger partial charge in [-0.05, 0) is 24.6 Å². The number of carbonyl (C=O) groups excluding carboxylic acids is 2. The average Bonchev–Trinajstić information content (AvgIpc) is 2.75. The molecule has 0 fully saturated rings. The molecule has 1 unspecified atom stereocenters. The first-order valence-electron chi connectivity index (χ1n) is 11.7. The number of unbranched alkanes of at least 4 members (excludes halogenated alkanes) is 9. The van der Waals surface area contributed by atoms with Crippen LogP contribution < -0.4 is 15.4 Å². The van der Waals surface area contributed by atoms with Gasteiger partial charge in [-0.1, -0.05) is 71.6 Å². The fraction of sp³-hybridized carbons (Fsp3) is 0.667.